The van der Waals surface area contributed by atoms with E-state index in [9.17, 15) is 0 Å². The third-order valence-corrected chi connectivity index (χ3v) is 4.10. The minimum atomic E-state index is 0.683. The smallest absolute Gasteiger partial charge is 0.226 e. The molecule has 2 heterocycles. The van der Waals surface area contributed by atoms with Gasteiger partial charge in [-0.3, -0.25) is 0 Å². The number of fused-ring (bicyclic) bond motifs is 1. The first kappa shape index (κ1) is 13.8. The van der Waals surface area contributed by atoms with Crippen LogP contribution in [0, 0.1) is 6.92 Å². The molecule has 0 atom stereocenters. The van der Waals surface area contributed by atoms with Crippen LogP contribution in [0.1, 0.15) is 17.4 Å². The van der Waals surface area contributed by atoms with Crippen LogP contribution in [0.5, 0.6) is 0 Å². The van der Waals surface area contributed by atoms with Gasteiger partial charge in [0.1, 0.15) is 10.6 Å². The summed E-state index contributed by atoms with van der Waals surface area (Å²) in [4.78, 5) is 11.4. The van der Waals surface area contributed by atoms with Crippen molar-refractivity contribution in [1.29, 1.82) is 0 Å². The molecule has 0 spiro atoms. The molecule has 1 aromatic carbocycles. The maximum absolute atomic E-state index is 4.59. The summed E-state index contributed by atoms with van der Waals surface area (Å²) in [5, 5.41) is 7.72. The molecule has 3 aromatic rings. The largest absolute Gasteiger partial charge is 0.365 e. The first-order valence-corrected chi connectivity index (χ1v) is 7.87. The summed E-state index contributed by atoms with van der Waals surface area (Å²) in [6.45, 7) is 5.71. The fourth-order valence-corrected chi connectivity index (χ4v) is 3.07. The molecule has 2 N–H and O–H groups in total. The molecule has 0 aliphatic rings. The number of aryl methyl sites for hydroxylation is 1. The second-order valence-corrected chi connectivity index (χ2v) is 6.08. The predicted octanol–water partition coefficient (Wildman–Crippen LogP) is 4.04. The van der Waals surface area contributed by atoms with E-state index in [0.29, 0.717) is 5.95 Å². The fourth-order valence-electron chi connectivity index (χ4n) is 2.20. The van der Waals surface area contributed by atoms with Crippen molar-refractivity contribution in [2.45, 2.75) is 20.4 Å². The van der Waals surface area contributed by atoms with Crippen LogP contribution in [0.3, 0.4) is 0 Å². The van der Waals surface area contributed by atoms with Gasteiger partial charge in [0.2, 0.25) is 5.95 Å². The first-order chi connectivity index (χ1) is 10.3. The van der Waals surface area contributed by atoms with E-state index < -0.39 is 0 Å². The Kier molecular flexibility index (Phi) is 4.01. The van der Waals surface area contributed by atoms with Gasteiger partial charge >= 0.3 is 0 Å². The first-order valence-electron chi connectivity index (χ1n) is 7.06. The molecule has 0 saturated carbocycles. The van der Waals surface area contributed by atoms with Crippen LogP contribution in [0.2, 0.25) is 0 Å². The molecule has 21 heavy (non-hydrogen) atoms. The summed E-state index contributed by atoms with van der Waals surface area (Å²) in [5.74, 6) is 1.58. The number of nitrogens with zero attached hydrogens (tertiary/aromatic N) is 2. The lowest BCUT2D eigenvalue weighted by molar-refractivity contribution is 1.08. The van der Waals surface area contributed by atoms with Crippen molar-refractivity contribution >= 4 is 33.3 Å². The molecule has 108 valence electrons. The van der Waals surface area contributed by atoms with Crippen molar-refractivity contribution in [2.75, 3.05) is 17.2 Å². The van der Waals surface area contributed by atoms with Crippen LogP contribution in [-0.2, 0) is 6.54 Å². The number of aromatic nitrogens is 2. The number of hydrogen-bond donors (Lipinski definition) is 2. The van der Waals surface area contributed by atoms with E-state index in [2.05, 4.69) is 45.7 Å². The van der Waals surface area contributed by atoms with Crippen LogP contribution < -0.4 is 10.6 Å². The van der Waals surface area contributed by atoms with Gasteiger partial charge in [-0.1, -0.05) is 30.3 Å². The van der Waals surface area contributed by atoms with Crippen molar-refractivity contribution in [3.63, 3.8) is 0 Å². The van der Waals surface area contributed by atoms with Gasteiger partial charge in [0.25, 0.3) is 0 Å². The highest BCUT2D eigenvalue weighted by atomic mass is 32.1. The zero-order chi connectivity index (χ0) is 14.7. The normalized spacial score (nSPS) is 10.8. The lowest BCUT2D eigenvalue weighted by Crippen LogP contribution is -2.06. The minimum absolute atomic E-state index is 0.683. The SMILES string of the molecule is CCNc1nc(NCc2ccccc2)c2cc(C)sc2n1. The third-order valence-electron chi connectivity index (χ3n) is 3.15. The average Bonchev–Trinajstić information content (AvgIpc) is 2.86. The quantitative estimate of drug-likeness (QED) is 0.746. The lowest BCUT2D eigenvalue weighted by Gasteiger charge is -2.09. The van der Waals surface area contributed by atoms with Gasteiger partial charge in [-0.15, -0.1) is 11.3 Å². The molecule has 0 amide bonds. The van der Waals surface area contributed by atoms with E-state index >= 15 is 0 Å². The number of rotatable bonds is 5. The minimum Gasteiger partial charge on any atom is -0.365 e. The molecular formula is C16H18N4S. The van der Waals surface area contributed by atoms with Gasteiger partial charge in [0.15, 0.2) is 0 Å². The van der Waals surface area contributed by atoms with Crippen molar-refractivity contribution in [3.05, 3.63) is 46.8 Å². The summed E-state index contributed by atoms with van der Waals surface area (Å²) in [7, 11) is 0. The highest BCUT2D eigenvalue weighted by Gasteiger charge is 2.10. The molecule has 0 radical (unpaired) electrons. The number of hydrogen-bond acceptors (Lipinski definition) is 5. The molecule has 4 nitrogen and oxygen atoms in total. The van der Waals surface area contributed by atoms with Gasteiger partial charge in [0, 0.05) is 18.0 Å². The Hall–Kier alpha value is -2.14. The van der Waals surface area contributed by atoms with E-state index in [1.165, 1.54) is 10.4 Å². The third kappa shape index (κ3) is 3.13. The van der Waals surface area contributed by atoms with Gasteiger partial charge in [0.05, 0.1) is 5.39 Å². The maximum atomic E-state index is 4.59. The lowest BCUT2D eigenvalue weighted by atomic mass is 10.2. The fraction of sp³-hybridized carbons (Fsp3) is 0.250. The van der Waals surface area contributed by atoms with E-state index in [4.69, 9.17) is 0 Å². The second-order valence-electron chi connectivity index (χ2n) is 4.84. The van der Waals surface area contributed by atoms with Gasteiger partial charge in [-0.05, 0) is 25.5 Å². The Balaban J connectivity index is 1.91. The zero-order valence-electron chi connectivity index (χ0n) is 12.2. The van der Waals surface area contributed by atoms with Crippen molar-refractivity contribution in [2.24, 2.45) is 0 Å². The Labute approximate surface area is 128 Å². The van der Waals surface area contributed by atoms with Crippen LogP contribution >= 0.6 is 11.3 Å². The molecule has 0 fully saturated rings. The monoisotopic (exact) mass is 298 g/mol. The highest BCUT2D eigenvalue weighted by Crippen LogP contribution is 2.29. The topological polar surface area (TPSA) is 49.8 Å². The average molecular weight is 298 g/mol. The summed E-state index contributed by atoms with van der Waals surface area (Å²) >= 11 is 1.70. The molecule has 0 aliphatic carbocycles. The van der Waals surface area contributed by atoms with Crippen LogP contribution in [-0.4, -0.2) is 16.5 Å². The molecular weight excluding hydrogens is 280 g/mol. The molecule has 0 saturated heterocycles. The van der Waals surface area contributed by atoms with Crippen molar-refractivity contribution in [1.82, 2.24) is 9.97 Å². The van der Waals surface area contributed by atoms with Crippen molar-refractivity contribution in [3.8, 4) is 0 Å². The summed E-state index contributed by atoms with van der Waals surface area (Å²) < 4.78 is 0. The van der Waals surface area contributed by atoms with E-state index in [-0.39, 0.29) is 0 Å². The van der Waals surface area contributed by atoms with Crippen molar-refractivity contribution < 1.29 is 0 Å². The van der Waals surface area contributed by atoms with Crippen LogP contribution in [0.15, 0.2) is 36.4 Å². The van der Waals surface area contributed by atoms with E-state index in [1.807, 2.05) is 25.1 Å². The second kappa shape index (κ2) is 6.10. The number of nitrogens with one attached hydrogen (secondary N) is 2. The zero-order valence-corrected chi connectivity index (χ0v) is 13.0. The molecule has 3 rings (SSSR count). The molecule has 2 aromatic heterocycles. The molecule has 5 heteroatoms. The van der Waals surface area contributed by atoms with Crippen LogP contribution in [0.4, 0.5) is 11.8 Å². The summed E-state index contributed by atoms with van der Waals surface area (Å²) in [5.41, 5.74) is 1.24. The van der Waals surface area contributed by atoms with E-state index in [1.54, 1.807) is 11.3 Å². The number of thiophene rings is 1. The summed E-state index contributed by atoms with van der Waals surface area (Å²) in [6.07, 6.45) is 0. The van der Waals surface area contributed by atoms with E-state index in [0.717, 1.165) is 29.1 Å². The maximum Gasteiger partial charge on any atom is 0.226 e. The summed E-state index contributed by atoms with van der Waals surface area (Å²) in [6, 6.07) is 12.5. The number of benzene rings is 1. The molecule has 0 bridgehead atoms. The molecule has 0 aliphatic heterocycles. The Morgan fingerprint density at radius 1 is 1.10 bits per heavy atom. The Morgan fingerprint density at radius 3 is 2.67 bits per heavy atom. The molecule has 0 unspecified atom stereocenters. The van der Waals surface area contributed by atoms with Gasteiger partial charge in [-0.2, -0.15) is 4.98 Å². The number of anilines is 2. The highest BCUT2D eigenvalue weighted by molar-refractivity contribution is 7.18. The van der Waals surface area contributed by atoms with Crippen LogP contribution in [0.25, 0.3) is 10.2 Å². The van der Waals surface area contributed by atoms with Gasteiger partial charge in [-0.25, -0.2) is 4.98 Å². The Morgan fingerprint density at radius 2 is 1.90 bits per heavy atom. The predicted molar refractivity (Wildman–Crippen MR) is 90.1 cm³/mol. The standard InChI is InChI=1S/C16H18N4S/c1-3-17-16-19-14(13-9-11(2)21-15(13)20-16)18-10-12-7-5-4-6-8-12/h4-9H,3,10H2,1-2H3,(H2,17,18,19,20). The Bertz CT molecular complexity index is 737. The van der Waals surface area contributed by atoms with Gasteiger partial charge < -0.3 is 10.6 Å².